The van der Waals surface area contributed by atoms with Crippen LogP contribution in [0.2, 0.25) is 0 Å². The lowest BCUT2D eigenvalue weighted by atomic mass is 10.1. The summed E-state index contributed by atoms with van der Waals surface area (Å²) in [5.74, 6) is 4.48. The quantitative estimate of drug-likeness (QED) is 0.103. The van der Waals surface area contributed by atoms with Crippen LogP contribution in [-0.2, 0) is 34.5 Å². The molecule has 0 bridgehead atoms. The van der Waals surface area contributed by atoms with Crippen LogP contribution in [0.4, 0.5) is 0 Å². The van der Waals surface area contributed by atoms with E-state index in [1.807, 2.05) is 0 Å². The van der Waals surface area contributed by atoms with Crippen LogP contribution in [0.5, 0.6) is 34.5 Å². The van der Waals surface area contributed by atoms with Gasteiger partial charge in [-0.15, -0.1) is 0 Å². The molecule has 0 aliphatic rings. The number of hydrogen-bond acceptors (Lipinski definition) is 9. The number of aromatic hydroxyl groups is 6. The second kappa shape index (κ2) is 13.7. The van der Waals surface area contributed by atoms with E-state index < -0.39 is 0 Å². The van der Waals surface area contributed by atoms with Crippen LogP contribution in [-0.4, -0.2) is 30.6 Å². The second-order valence-corrected chi connectivity index (χ2v) is 12.2. The molecule has 0 saturated heterocycles. The zero-order valence-corrected chi connectivity index (χ0v) is 23.5. The molecule has 0 amide bonds. The van der Waals surface area contributed by atoms with E-state index in [-0.39, 0.29) is 34.5 Å². The fourth-order valence-corrected chi connectivity index (χ4v) is 6.89. The van der Waals surface area contributed by atoms with Gasteiger partial charge in [-0.1, -0.05) is 18.2 Å². The summed E-state index contributed by atoms with van der Waals surface area (Å²) in [6.45, 7) is 0. The number of rotatable bonds is 12. The van der Waals surface area contributed by atoms with Gasteiger partial charge in [0.2, 0.25) is 0 Å². The van der Waals surface area contributed by atoms with Gasteiger partial charge in [-0.3, -0.25) is 0 Å². The summed E-state index contributed by atoms with van der Waals surface area (Å²) in [6.07, 6.45) is 0. The lowest BCUT2D eigenvalue weighted by Crippen LogP contribution is -1.93. The minimum atomic E-state index is 0.0454. The summed E-state index contributed by atoms with van der Waals surface area (Å²) >= 11 is 5.09. The highest BCUT2D eigenvalue weighted by Gasteiger charge is 2.07. The van der Waals surface area contributed by atoms with Crippen molar-refractivity contribution in [2.24, 2.45) is 0 Å². The molecule has 0 heterocycles. The summed E-state index contributed by atoms with van der Waals surface area (Å²) in [6, 6.07) is 20.4. The van der Waals surface area contributed by atoms with Crippen LogP contribution < -0.4 is 0 Å². The first-order valence-electron chi connectivity index (χ1n) is 12.1. The second-order valence-electron chi connectivity index (χ2n) is 9.21. The van der Waals surface area contributed by atoms with Crippen molar-refractivity contribution >= 4 is 35.3 Å². The Balaban J connectivity index is 1.42. The van der Waals surface area contributed by atoms with E-state index >= 15 is 0 Å². The lowest BCUT2D eigenvalue weighted by Gasteiger charge is -2.11. The van der Waals surface area contributed by atoms with Gasteiger partial charge in [0.15, 0.2) is 0 Å². The average Bonchev–Trinajstić information content (AvgIpc) is 2.82. The highest BCUT2D eigenvalue weighted by atomic mass is 32.2. The van der Waals surface area contributed by atoms with Gasteiger partial charge < -0.3 is 30.6 Å². The Morgan fingerprint density at radius 2 is 0.462 bits per heavy atom. The van der Waals surface area contributed by atoms with Crippen LogP contribution >= 0.6 is 35.3 Å². The fraction of sp³-hybridized carbons (Fsp3) is 0.200. The molecule has 6 nitrogen and oxygen atoms in total. The molecule has 0 atom stereocenters. The van der Waals surface area contributed by atoms with Gasteiger partial charge in [-0.25, -0.2) is 0 Å². The van der Waals surface area contributed by atoms with E-state index in [0.717, 1.165) is 33.9 Å². The maximum Gasteiger partial charge on any atom is 0.119 e. The molecule has 0 aliphatic carbocycles. The molecule has 4 aromatic rings. The third-order valence-corrected chi connectivity index (χ3v) is 8.84. The first kappa shape index (κ1) is 28.7. The largest absolute Gasteiger partial charge is 0.508 e. The van der Waals surface area contributed by atoms with Gasteiger partial charge in [0.05, 0.1) is 0 Å². The normalized spacial score (nSPS) is 11.1. The summed E-state index contributed by atoms with van der Waals surface area (Å²) < 4.78 is 0. The Kier molecular flexibility index (Phi) is 10.1. The van der Waals surface area contributed by atoms with Crippen LogP contribution in [0, 0.1) is 0 Å². The molecule has 0 aromatic heterocycles. The zero-order valence-electron chi connectivity index (χ0n) is 21.1. The maximum atomic E-state index is 9.74. The van der Waals surface area contributed by atoms with Crippen LogP contribution in [0.25, 0.3) is 0 Å². The van der Waals surface area contributed by atoms with Gasteiger partial charge in [0.1, 0.15) is 34.5 Å². The standard InChI is InChI=1S/C30H30O6S3/c31-25-4-22(5-26(32)10-25)16-37-13-19-1-20(14-38-17-23-6-27(33)11-28(34)7-23)3-21(2-19)15-39-18-24-8-29(35)12-30(36)9-24/h1-12,31-36H,13-18H2. The first-order valence-corrected chi connectivity index (χ1v) is 15.6. The summed E-state index contributed by atoms with van der Waals surface area (Å²) in [5, 5.41) is 58.5. The van der Waals surface area contributed by atoms with Gasteiger partial charge in [-0.05, 0) is 69.8 Å². The van der Waals surface area contributed by atoms with Crippen LogP contribution in [0.15, 0.2) is 72.8 Å². The van der Waals surface area contributed by atoms with Crippen molar-refractivity contribution in [2.45, 2.75) is 34.5 Å². The number of phenols is 6. The van der Waals surface area contributed by atoms with E-state index in [1.54, 1.807) is 71.7 Å². The molecule has 4 aromatic carbocycles. The van der Waals surface area contributed by atoms with Crippen LogP contribution in [0.1, 0.15) is 33.4 Å². The van der Waals surface area contributed by atoms with Crippen molar-refractivity contribution in [3.05, 3.63) is 106 Å². The third-order valence-electron chi connectivity index (χ3n) is 5.61. The molecule has 39 heavy (non-hydrogen) atoms. The number of hydrogen-bond donors (Lipinski definition) is 6. The first-order chi connectivity index (χ1) is 18.7. The number of thioether (sulfide) groups is 3. The Hall–Kier alpha value is -3.27. The molecule has 0 spiro atoms. The van der Waals surface area contributed by atoms with Crippen LogP contribution in [0.3, 0.4) is 0 Å². The van der Waals surface area contributed by atoms with Crippen molar-refractivity contribution in [3.8, 4) is 34.5 Å². The van der Waals surface area contributed by atoms with E-state index in [4.69, 9.17) is 0 Å². The van der Waals surface area contributed by atoms with Gasteiger partial charge >= 0.3 is 0 Å². The van der Waals surface area contributed by atoms with Crippen molar-refractivity contribution in [1.82, 2.24) is 0 Å². The maximum absolute atomic E-state index is 9.74. The smallest absolute Gasteiger partial charge is 0.119 e. The SMILES string of the molecule is Oc1cc(O)cc(CSCc2cc(CSCc3cc(O)cc(O)c3)cc(CSCc3cc(O)cc(O)c3)c2)c1. The predicted molar refractivity (Wildman–Crippen MR) is 161 cm³/mol. The molecule has 0 aliphatic heterocycles. The molecule has 6 N–H and O–H groups in total. The zero-order chi connectivity index (χ0) is 27.8. The van der Waals surface area contributed by atoms with Gasteiger partial charge in [0, 0.05) is 52.7 Å². The van der Waals surface area contributed by atoms with E-state index in [0.29, 0.717) is 17.3 Å². The Bertz CT molecular complexity index is 1180. The minimum Gasteiger partial charge on any atom is -0.508 e. The molecule has 204 valence electrons. The molecular formula is C30H30O6S3. The Morgan fingerprint density at radius 3 is 0.667 bits per heavy atom. The molecule has 0 saturated carbocycles. The van der Waals surface area contributed by atoms with E-state index in [2.05, 4.69) is 18.2 Å². The monoisotopic (exact) mass is 582 g/mol. The summed E-state index contributed by atoms with van der Waals surface area (Å²) in [5.41, 5.74) is 6.06. The van der Waals surface area contributed by atoms with Gasteiger partial charge in [-0.2, -0.15) is 35.3 Å². The highest BCUT2D eigenvalue weighted by molar-refractivity contribution is 7.98. The summed E-state index contributed by atoms with van der Waals surface area (Å²) in [7, 11) is 0. The predicted octanol–water partition coefficient (Wildman–Crippen LogP) is 7.22. The summed E-state index contributed by atoms with van der Waals surface area (Å²) in [4.78, 5) is 0. The average molecular weight is 583 g/mol. The van der Waals surface area contributed by atoms with Crippen molar-refractivity contribution < 1.29 is 30.6 Å². The highest BCUT2D eigenvalue weighted by Crippen LogP contribution is 2.30. The number of benzene rings is 4. The Morgan fingerprint density at radius 1 is 0.282 bits per heavy atom. The Labute approximate surface area is 240 Å². The molecule has 4 rings (SSSR count). The molecule has 9 heteroatoms. The van der Waals surface area contributed by atoms with Crippen molar-refractivity contribution in [3.63, 3.8) is 0 Å². The molecule has 0 radical (unpaired) electrons. The van der Waals surface area contributed by atoms with E-state index in [1.165, 1.54) is 34.9 Å². The molecule has 0 unspecified atom stereocenters. The number of phenolic OH excluding ortho intramolecular Hbond substituents is 6. The topological polar surface area (TPSA) is 121 Å². The van der Waals surface area contributed by atoms with Crippen molar-refractivity contribution in [1.29, 1.82) is 0 Å². The molecular weight excluding hydrogens is 553 g/mol. The third kappa shape index (κ3) is 9.45. The van der Waals surface area contributed by atoms with Crippen molar-refractivity contribution in [2.75, 3.05) is 0 Å². The van der Waals surface area contributed by atoms with Gasteiger partial charge in [0.25, 0.3) is 0 Å². The minimum absolute atomic E-state index is 0.0454. The molecule has 0 fully saturated rings. The fourth-order valence-electron chi connectivity index (χ4n) is 4.17. The van der Waals surface area contributed by atoms with E-state index in [9.17, 15) is 30.6 Å². The lowest BCUT2D eigenvalue weighted by molar-refractivity contribution is 0.448.